The van der Waals surface area contributed by atoms with Crippen LogP contribution >= 0.6 is 0 Å². The van der Waals surface area contributed by atoms with Crippen LogP contribution in [-0.2, 0) is 13.1 Å². The van der Waals surface area contributed by atoms with Crippen molar-refractivity contribution < 1.29 is 13.2 Å². The van der Waals surface area contributed by atoms with Crippen molar-refractivity contribution in [3.8, 4) is 0 Å². The third-order valence-corrected chi connectivity index (χ3v) is 2.44. The average Bonchev–Trinajstić information content (AvgIpc) is 2.83. The van der Waals surface area contributed by atoms with Crippen LogP contribution in [0.2, 0.25) is 0 Å². The summed E-state index contributed by atoms with van der Waals surface area (Å²) < 4.78 is 40.6. The van der Waals surface area contributed by atoms with Gasteiger partial charge in [-0.1, -0.05) is 11.3 Å². The minimum Gasteiger partial charge on any atom is -0.363 e. The number of nitrogens with one attached hydrogen (secondary N) is 1. The first kappa shape index (κ1) is 12.4. The number of halogens is 3. The number of anilines is 1. The van der Waals surface area contributed by atoms with Gasteiger partial charge in [-0.3, -0.25) is 4.68 Å². The topological polar surface area (TPSA) is 42.7 Å². The van der Waals surface area contributed by atoms with E-state index in [9.17, 15) is 13.2 Å². The van der Waals surface area contributed by atoms with E-state index in [2.05, 4.69) is 15.6 Å². The average molecular weight is 256 g/mol. The lowest BCUT2D eigenvalue weighted by Gasteiger charge is -2.05. The fraction of sp³-hybridized carbons (Fsp3) is 0.273. The highest BCUT2D eigenvalue weighted by Gasteiger charge is 2.13. The normalized spacial score (nSPS) is 10.7. The van der Waals surface area contributed by atoms with Crippen molar-refractivity contribution in [2.75, 3.05) is 5.32 Å². The monoisotopic (exact) mass is 256 g/mol. The second-order valence-electron chi connectivity index (χ2n) is 3.65. The highest BCUT2D eigenvalue weighted by Crippen LogP contribution is 2.16. The van der Waals surface area contributed by atoms with Gasteiger partial charge in [-0.25, -0.2) is 13.2 Å². The summed E-state index contributed by atoms with van der Waals surface area (Å²) >= 11 is 0. The minimum atomic E-state index is -1.47. The van der Waals surface area contributed by atoms with Crippen molar-refractivity contribution in [3.63, 3.8) is 0 Å². The van der Waals surface area contributed by atoms with E-state index in [1.807, 2.05) is 6.92 Å². The van der Waals surface area contributed by atoms with Gasteiger partial charge in [0.05, 0.1) is 6.20 Å². The zero-order chi connectivity index (χ0) is 13.1. The predicted molar refractivity (Wildman–Crippen MR) is 59.3 cm³/mol. The highest BCUT2D eigenvalue weighted by molar-refractivity contribution is 5.32. The number of benzene rings is 1. The second kappa shape index (κ2) is 5.07. The lowest BCUT2D eigenvalue weighted by Crippen LogP contribution is -2.05. The van der Waals surface area contributed by atoms with E-state index in [1.165, 1.54) is 6.07 Å². The molecule has 2 rings (SSSR count). The number of aryl methyl sites for hydroxylation is 1. The maximum absolute atomic E-state index is 13.3. The quantitative estimate of drug-likeness (QED) is 0.854. The molecule has 0 saturated heterocycles. The first-order valence-electron chi connectivity index (χ1n) is 5.38. The van der Waals surface area contributed by atoms with Gasteiger partial charge in [0.25, 0.3) is 0 Å². The van der Waals surface area contributed by atoms with Crippen LogP contribution in [0.15, 0.2) is 18.3 Å². The Kier molecular flexibility index (Phi) is 3.50. The Balaban J connectivity index is 2.08. The molecule has 0 radical (unpaired) electrons. The van der Waals surface area contributed by atoms with Crippen LogP contribution in [0.25, 0.3) is 0 Å². The SMILES string of the molecule is CCn1cc(NCc2ccc(F)c(F)c2F)nn1. The van der Waals surface area contributed by atoms with Gasteiger partial charge >= 0.3 is 0 Å². The van der Waals surface area contributed by atoms with Crippen molar-refractivity contribution in [2.24, 2.45) is 0 Å². The van der Waals surface area contributed by atoms with Gasteiger partial charge < -0.3 is 5.32 Å². The molecule has 0 unspecified atom stereocenters. The number of nitrogens with zero attached hydrogens (tertiary/aromatic N) is 3. The zero-order valence-corrected chi connectivity index (χ0v) is 9.62. The van der Waals surface area contributed by atoms with E-state index in [-0.39, 0.29) is 12.1 Å². The van der Waals surface area contributed by atoms with E-state index in [4.69, 9.17) is 0 Å². The van der Waals surface area contributed by atoms with Crippen LogP contribution in [0, 0.1) is 17.5 Å². The van der Waals surface area contributed by atoms with Crippen LogP contribution in [0.5, 0.6) is 0 Å². The first-order chi connectivity index (χ1) is 8.61. The standard InChI is InChI=1S/C11H11F3N4/c1-2-18-6-9(16-17-18)15-5-7-3-4-8(12)11(14)10(7)13/h3-4,6,15H,2,5H2,1H3. The van der Waals surface area contributed by atoms with Crippen LogP contribution in [0.4, 0.5) is 19.0 Å². The molecule has 4 nitrogen and oxygen atoms in total. The Morgan fingerprint density at radius 2 is 2.00 bits per heavy atom. The molecule has 0 saturated carbocycles. The van der Waals surface area contributed by atoms with Gasteiger partial charge in [-0.05, 0) is 13.0 Å². The van der Waals surface area contributed by atoms with Crippen LogP contribution in [-0.4, -0.2) is 15.0 Å². The fourth-order valence-corrected chi connectivity index (χ4v) is 1.42. The summed E-state index contributed by atoms with van der Waals surface area (Å²) in [7, 11) is 0. The summed E-state index contributed by atoms with van der Waals surface area (Å²) in [5.74, 6) is -3.41. The van der Waals surface area contributed by atoms with Gasteiger partial charge in [0, 0.05) is 18.7 Å². The van der Waals surface area contributed by atoms with E-state index in [1.54, 1.807) is 10.9 Å². The maximum Gasteiger partial charge on any atom is 0.194 e. The smallest absolute Gasteiger partial charge is 0.194 e. The molecule has 0 bridgehead atoms. The molecule has 7 heteroatoms. The molecule has 0 aliphatic heterocycles. The van der Waals surface area contributed by atoms with Gasteiger partial charge in [0.1, 0.15) is 0 Å². The Labute approximate surface area is 101 Å². The molecule has 0 spiro atoms. The lowest BCUT2D eigenvalue weighted by molar-refractivity contribution is 0.442. The largest absolute Gasteiger partial charge is 0.363 e. The molecular formula is C11H11F3N4. The van der Waals surface area contributed by atoms with Crippen molar-refractivity contribution >= 4 is 5.82 Å². The fourth-order valence-electron chi connectivity index (χ4n) is 1.42. The molecule has 0 aliphatic rings. The van der Waals surface area contributed by atoms with Gasteiger partial charge in [0.15, 0.2) is 23.3 Å². The van der Waals surface area contributed by atoms with Crippen LogP contribution in [0.1, 0.15) is 12.5 Å². The van der Waals surface area contributed by atoms with Crippen LogP contribution < -0.4 is 5.32 Å². The zero-order valence-electron chi connectivity index (χ0n) is 9.62. The van der Waals surface area contributed by atoms with E-state index in [0.29, 0.717) is 12.4 Å². The second-order valence-corrected chi connectivity index (χ2v) is 3.65. The summed E-state index contributed by atoms with van der Waals surface area (Å²) in [6.07, 6.45) is 1.64. The molecule has 1 heterocycles. The van der Waals surface area contributed by atoms with E-state index >= 15 is 0 Å². The molecule has 96 valence electrons. The lowest BCUT2D eigenvalue weighted by atomic mass is 10.2. The Hall–Kier alpha value is -2.05. The molecule has 1 aromatic carbocycles. The molecule has 1 N–H and O–H groups in total. The summed E-state index contributed by atoms with van der Waals surface area (Å²) in [4.78, 5) is 0. The van der Waals surface area contributed by atoms with E-state index in [0.717, 1.165) is 6.07 Å². The third kappa shape index (κ3) is 2.44. The maximum atomic E-state index is 13.3. The molecule has 18 heavy (non-hydrogen) atoms. The summed E-state index contributed by atoms with van der Waals surface area (Å²) in [5, 5.41) is 10.3. The summed E-state index contributed by atoms with van der Waals surface area (Å²) in [5.41, 5.74) is 0.0277. The Morgan fingerprint density at radius 3 is 2.67 bits per heavy atom. The molecule has 0 aliphatic carbocycles. The predicted octanol–water partition coefficient (Wildman–Crippen LogP) is 2.33. The first-order valence-corrected chi connectivity index (χ1v) is 5.38. The number of rotatable bonds is 4. The van der Waals surface area contributed by atoms with Crippen LogP contribution in [0.3, 0.4) is 0 Å². The van der Waals surface area contributed by atoms with Gasteiger partial charge in [-0.2, -0.15) is 0 Å². The van der Waals surface area contributed by atoms with Crippen molar-refractivity contribution in [2.45, 2.75) is 20.0 Å². The molecule has 0 fully saturated rings. The molecule has 0 atom stereocenters. The number of hydrogen-bond donors (Lipinski definition) is 1. The third-order valence-electron chi connectivity index (χ3n) is 2.44. The summed E-state index contributed by atoms with van der Waals surface area (Å²) in [6, 6.07) is 2.07. The van der Waals surface area contributed by atoms with Crippen molar-refractivity contribution in [1.82, 2.24) is 15.0 Å². The van der Waals surface area contributed by atoms with Gasteiger partial charge in [-0.15, -0.1) is 5.10 Å². The number of aromatic nitrogens is 3. The number of hydrogen-bond acceptors (Lipinski definition) is 3. The molecule has 1 aromatic heterocycles. The Bertz CT molecular complexity index is 553. The van der Waals surface area contributed by atoms with Crippen molar-refractivity contribution in [1.29, 1.82) is 0 Å². The van der Waals surface area contributed by atoms with Crippen molar-refractivity contribution in [3.05, 3.63) is 41.3 Å². The van der Waals surface area contributed by atoms with Gasteiger partial charge in [0.2, 0.25) is 0 Å². The summed E-state index contributed by atoms with van der Waals surface area (Å²) in [6.45, 7) is 2.56. The minimum absolute atomic E-state index is 0.00540. The molecule has 0 amide bonds. The Morgan fingerprint density at radius 1 is 1.22 bits per heavy atom. The molecule has 2 aromatic rings. The van der Waals surface area contributed by atoms with E-state index < -0.39 is 17.5 Å². The highest BCUT2D eigenvalue weighted by atomic mass is 19.2. The molecular weight excluding hydrogens is 245 g/mol.